The second-order valence-corrected chi connectivity index (χ2v) is 6.80. The molecule has 1 fully saturated rings. The Morgan fingerprint density at radius 3 is 2.73 bits per heavy atom. The minimum atomic E-state index is -0.211. The van der Waals surface area contributed by atoms with E-state index < -0.39 is 0 Å². The van der Waals surface area contributed by atoms with E-state index in [4.69, 9.17) is 4.74 Å². The molecule has 1 saturated heterocycles. The topological polar surface area (TPSA) is 79.6 Å². The highest BCUT2D eigenvalue weighted by Gasteiger charge is 2.15. The number of nitrogens with one attached hydrogen (secondary N) is 2. The number of aryl methyl sites for hydroxylation is 1. The van der Waals surface area contributed by atoms with Crippen LogP contribution in [0.5, 0.6) is 0 Å². The summed E-state index contributed by atoms with van der Waals surface area (Å²) in [5.41, 5.74) is 1.47. The van der Waals surface area contributed by atoms with Gasteiger partial charge in [0.2, 0.25) is 0 Å². The number of guanidine groups is 1. The molecule has 0 saturated carbocycles. The lowest BCUT2D eigenvalue weighted by atomic mass is 10.1. The minimum absolute atomic E-state index is 0. The normalized spacial score (nSPS) is 14.4. The van der Waals surface area contributed by atoms with Gasteiger partial charge in [0.1, 0.15) is 18.0 Å². The third kappa shape index (κ3) is 6.79. The number of aromatic nitrogens is 3. The van der Waals surface area contributed by atoms with Crippen LogP contribution in [0.4, 0.5) is 10.1 Å². The molecule has 0 bridgehead atoms. The molecule has 8 nitrogen and oxygen atoms in total. The lowest BCUT2D eigenvalue weighted by Crippen LogP contribution is -2.39. The molecular weight excluding hydrogens is 500 g/mol. The third-order valence-corrected chi connectivity index (χ3v) is 4.78. The van der Waals surface area contributed by atoms with Crippen molar-refractivity contribution in [1.29, 1.82) is 0 Å². The zero-order chi connectivity index (χ0) is 20.5. The summed E-state index contributed by atoms with van der Waals surface area (Å²) in [5.74, 6) is 1.46. The van der Waals surface area contributed by atoms with E-state index >= 15 is 0 Å². The lowest BCUT2D eigenvalue weighted by Gasteiger charge is -2.29. The van der Waals surface area contributed by atoms with Crippen molar-refractivity contribution in [3.8, 4) is 0 Å². The Labute approximate surface area is 194 Å². The smallest absolute Gasteiger partial charge is 0.191 e. The molecule has 1 aliphatic heterocycles. The van der Waals surface area contributed by atoms with Gasteiger partial charge in [-0.05, 0) is 24.6 Å². The van der Waals surface area contributed by atoms with Gasteiger partial charge in [0.15, 0.2) is 5.96 Å². The maximum atomic E-state index is 14.6. The van der Waals surface area contributed by atoms with Gasteiger partial charge in [0, 0.05) is 39.1 Å². The predicted octanol–water partition coefficient (Wildman–Crippen LogP) is 2.19. The van der Waals surface area contributed by atoms with Crippen molar-refractivity contribution in [3.63, 3.8) is 0 Å². The Hall–Kier alpha value is -1.95. The van der Waals surface area contributed by atoms with E-state index in [0.717, 1.165) is 44.0 Å². The van der Waals surface area contributed by atoms with Crippen molar-refractivity contribution in [2.75, 3.05) is 44.3 Å². The van der Waals surface area contributed by atoms with Gasteiger partial charge in [-0.25, -0.2) is 9.38 Å². The van der Waals surface area contributed by atoms with Gasteiger partial charge >= 0.3 is 0 Å². The molecule has 0 aliphatic carbocycles. The first-order valence-corrected chi connectivity index (χ1v) is 10.2. The predicted molar refractivity (Wildman–Crippen MR) is 127 cm³/mol. The molecule has 1 aliphatic rings. The van der Waals surface area contributed by atoms with E-state index in [-0.39, 0.29) is 29.8 Å². The quantitative estimate of drug-likeness (QED) is 0.309. The summed E-state index contributed by atoms with van der Waals surface area (Å²) in [6, 6.07) is 5.35. The summed E-state index contributed by atoms with van der Waals surface area (Å²) in [7, 11) is 0. The Morgan fingerprint density at radius 1 is 1.23 bits per heavy atom. The summed E-state index contributed by atoms with van der Waals surface area (Å²) in [4.78, 5) is 6.60. The van der Waals surface area contributed by atoms with Crippen LogP contribution in [-0.4, -0.2) is 60.1 Å². The number of halogens is 2. The Balaban J connectivity index is 0.00000320. The maximum absolute atomic E-state index is 14.6. The number of nitrogens with zero attached hydrogens (tertiary/aromatic N) is 5. The number of anilines is 1. The standard InChI is InChI=1S/C20H30FN7O.HI/c1-3-19-26-25-15-28(19)8-7-23-20(22-4-2)24-14-16-5-6-18(17(21)13-16)27-9-11-29-12-10-27;/h5-6,13,15H,3-4,7-12,14H2,1-2H3,(H2,22,23,24);1H. The fourth-order valence-electron chi connectivity index (χ4n) is 3.26. The molecule has 1 aromatic heterocycles. The molecule has 0 unspecified atom stereocenters. The molecule has 30 heavy (non-hydrogen) atoms. The van der Waals surface area contributed by atoms with E-state index in [1.54, 1.807) is 12.4 Å². The van der Waals surface area contributed by atoms with Gasteiger partial charge in [-0.1, -0.05) is 13.0 Å². The largest absolute Gasteiger partial charge is 0.378 e. The van der Waals surface area contributed by atoms with Crippen molar-refractivity contribution in [2.24, 2.45) is 4.99 Å². The fourth-order valence-corrected chi connectivity index (χ4v) is 3.26. The first-order valence-electron chi connectivity index (χ1n) is 10.2. The lowest BCUT2D eigenvalue weighted by molar-refractivity contribution is 0.122. The average molecular weight is 531 g/mol. The van der Waals surface area contributed by atoms with Crippen molar-refractivity contribution < 1.29 is 9.13 Å². The minimum Gasteiger partial charge on any atom is -0.378 e. The molecule has 166 valence electrons. The molecule has 0 radical (unpaired) electrons. The SMILES string of the molecule is CCNC(=NCc1ccc(N2CCOCC2)c(F)c1)NCCn1cnnc1CC.I. The zero-order valence-corrected chi connectivity index (χ0v) is 19.9. The summed E-state index contributed by atoms with van der Waals surface area (Å²) in [6.45, 7) is 9.39. The average Bonchev–Trinajstić information content (AvgIpc) is 3.20. The molecule has 10 heteroatoms. The highest BCUT2D eigenvalue weighted by Crippen LogP contribution is 2.21. The molecule has 2 N–H and O–H groups in total. The number of morpholine rings is 1. The molecule has 3 rings (SSSR count). The number of rotatable bonds is 8. The van der Waals surface area contributed by atoms with Crippen LogP contribution in [0, 0.1) is 5.82 Å². The van der Waals surface area contributed by atoms with Gasteiger partial charge in [0.25, 0.3) is 0 Å². The van der Waals surface area contributed by atoms with Crippen LogP contribution in [-0.2, 0) is 24.2 Å². The van der Waals surface area contributed by atoms with Gasteiger partial charge in [-0.3, -0.25) is 0 Å². The number of aliphatic imine (C=N–C) groups is 1. The Kier molecular flexibility index (Phi) is 10.3. The first kappa shape index (κ1) is 24.3. The van der Waals surface area contributed by atoms with E-state index in [0.29, 0.717) is 38.0 Å². The summed E-state index contributed by atoms with van der Waals surface area (Å²) in [6.07, 6.45) is 2.59. The maximum Gasteiger partial charge on any atom is 0.191 e. The van der Waals surface area contributed by atoms with E-state index in [2.05, 4.69) is 32.7 Å². The molecule has 2 heterocycles. The van der Waals surface area contributed by atoms with Crippen LogP contribution < -0.4 is 15.5 Å². The van der Waals surface area contributed by atoms with Gasteiger partial charge < -0.3 is 24.8 Å². The second kappa shape index (κ2) is 12.7. The highest BCUT2D eigenvalue weighted by molar-refractivity contribution is 14.0. The monoisotopic (exact) mass is 531 g/mol. The van der Waals surface area contributed by atoms with Crippen LogP contribution in [0.3, 0.4) is 0 Å². The Morgan fingerprint density at radius 2 is 2.03 bits per heavy atom. The van der Waals surface area contributed by atoms with Crippen LogP contribution in [0.1, 0.15) is 25.2 Å². The van der Waals surface area contributed by atoms with Crippen LogP contribution in [0.2, 0.25) is 0 Å². The fraction of sp³-hybridized carbons (Fsp3) is 0.550. The van der Waals surface area contributed by atoms with Crippen molar-refractivity contribution in [1.82, 2.24) is 25.4 Å². The zero-order valence-electron chi connectivity index (χ0n) is 17.6. The molecule has 1 aromatic carbocycles. The van der Waals surface area contributed by atoms with Gasteiger partial charge in [-0.2, -0.15) is 0 Å². The van der Waals surface area contributed by atoms with Crippen LogP contribution in [0.25, 0.3) is 0 Å². The number of hydrogen-bond donors (Lipinski definition) is 2. The van der Waals surface area contributed by atoms with E-state index in [9.17, 15) is 4.39 Å². The third-order valence-electron chi connectivity index (χ3n) is 4.78. The number of hydrogen-bond acceptors (Lipinski definition) is 5. The van der Waals surface area contributed by atoms with E-state index in [1.165, 1.54) is 0 Å². The molecule has 2 aromatic rings. The summed E-state index contributed by atoms with van der Waals surface area (Å²) in [5, 5.41) is 14.6. The van der Waals surface area contributed by atoms with E-state index in [1.807, 2.05) is 28.5 Å². The van der Waals surface area contributed by atoms with Crippen molar-refractivity contribution in [2.45, 2.75) is 33.4 Å². The van der Waals surface area contributed by atoms with Gasteiger partial charge in [-0.15, -0.1) is 34.2 Å². The highest BCUT2D eigenvalue weighted by atomic mass is 127. The van der Waals surface area contributed by atoms with Crippen molar-refractivity contribution >= 4 is 35.6 Å². The van der Waals surface area contributed by atoms with Crippen LogP contribution in [0.15, 0.2) is 29.5 Å². The molecule has 0 spiro atoms. The van der Waals surface area contributed by atoms with Gasteiger partial charge in [0.05, 0.1) is 25.4 Å². The second-order valence-electron chi connectivity index (χ2n) is 6.80. The first-order chi connectivity index (χ1) is 14.2. The van der Waals surface area contributed by atoms with Crippen LogP contribution >= 0.6 is 24.0 Å². The Bertz CT molecular complexity index is 808. The van der Waals surface area contributed by atoms with Crippen molar-refractivity contribution in [3.05, 3.63) is 41.7 Å². The molecular formula is C20H31FIN7O. The summed E-state index contributed by atoms with van der Waals surface area (Å²) >= 11 is 0. The summed E-state index contributed by atoms with van der Waals surface area (Å²) < 4.78 is 21.9. The molecule has 0 atom stereocenters. The molecule has 0 amide bonds. The number of benzene rings is 1. The number of ether oxygens (including phenoxy) is 1.